The van der Waals surface area contributed by atoms with Gasteiger partial charge in [0.25, 0.3) is 0 Å². The lowest BCUT2D eigenvalue weighted by atomic mass is 10.1. The number of benzene rings is 1. The number of hydrogen-bond acceptors (Lipinski definition) is 2. The maximum atomic E-state index is 6.00. The van der Waals surface area contributed by atoms with E-state index < -0.39 is 0 Å². The Morgan fingerprint density at radius 1 is 1.20 bits per heavy atom. The molecule has 1 aromatic rings. The van der Waals surface area contributed by atoms with Crippen LogP contribution in [0.5, 0.6) is 0 Å². The Balaban J connectivity index is 1.71. The summed E-state index contributed by atoms with van der Waals surface area (Å²) in [6, 6.07) is 11.5. The number of nitrogens with two attached hydrogens (primary N) is 1. The van der Waals surface area contributed by atoms with Crippen LogP contribution in [0.2, 0.25) is 0 Å². The highest BCUT2D eigenvalue weighted by Crippen LogP contribution is 2.16. The molecule has 2 nitrogen and oxygen atoms in total. The second-order valence-electron chi connectivity index (χ2n) is 4.39. The average molecular weight is 204 g/mol. The average Bonchev–Trinajstić information content (AvgIpc) is 2.66. The summed E-state index contributed by atoms with van der Waals surface area (Å²) in [4.78, 5) is 0. The van der Waals surface area contributed by atoms with Crippen LogP contribution in [0.1, 0.15) is 24.8 Å². The first kappa shape index (κ1) is 10.7. The minimum absolute atomic E-state index is 0.376. The zero-order chi connectivity index (χ0) is 10.5. The smallest absolute Gasteiger partial charge is 0.0219 e. The van der Waals surface area contributed by atoms with Crippen LogP contribution in [0.15, 0.2) is 30.3 Å². The molecule has 0 saturated heterocycles. The molecule has 1 aliphatic rings. The van der Waals surface area contributed by atoms with E-state index in [0.717, 1.165) is 13.0 Å². The molecule has 0 spiro atoms. The molecule has 82 valence electrons. The van der Waals surface area contributed by atoms with E-state index in [9.17, 15) is 0 Å². The van der Waals surface area contributed by atoms with E-state index in [4.69, 9.17) is 5.73 Å². The van der Waals surface area contributed by atoms with Gasteiger partial charge in [-0.05, 0) is 31.4 Å². The lowest BCUT2D eigenvalue weighted by Crippen LogP contribution is -2.41. The zero-order valence-electron chi connectivity index (χ0n) is 9.15. The summed E-state index contributed by atoms with van der Waals surface area (Å²) in [6.45, 7) is 1.04. The summed E-state index contributed by atoms with van der Waals surface area (Å²) < 4.78 is 0. The van der Waals surface area contributed by atoms with Crippen molar-refractivity contribution in [1.82, 2.24) is 5.32 Å². The van der Waals surface area contributed by atoms with Gasteiger partial charge in [-0.1, -0.05) is 36.8 Å². The van der Waals surface area contributed by atoms with E-state index in [1.165, 1.54) is 24.8 Å². The van der Waals surface area contributed by atoms with Gasteiger partial charge in [0.1, 0.15) is 0 Å². The third kappa shape index (κ3) is 3.05. The predicted molar refractivity (Wildman–Crippen MR) is 63.8 cm³/mol. The Morgan fingerprint density at radius 3 is 2.67 bits per heavy atom. The quantitative estimate of drug-likeness (QED) is 0.783. The van der Waals surface area contributed by atoms with Gasteiger partial charge in [0.2, 0.25) is 0 Å². The van der Waals surface area contributed by atoms with Crippen molar-refractivity contribution in [3.63, 3.8) is 0 Å². The Bertz CT molecular complexity index is 284. The molecule has 3 N–H and O–H groups in total. The molecule has 15 heavy (non-hydrogen) atoms. The van der Waals surface area contributed by atoms with Crippen molar-refractivity contribution in [3.8, 4) is 0 Å². The third-order valence-corrected chi connectivity index (χ3v) is 3.23. The fourth-order valence-electron chi connectivity index (χ4n) is 2.29. The molecule has 0 heterocycles. The number of rotatable bonds is 4. The van der Waals surface area contributed by atoms with Crippen LogP contribution in [0.3, 0.4) is 0 Å². The van der Waals surface area contributed by atoms with Crippen molar-refractivity contribution < 1.29 is 0 Å². The Labute approximate surface area is 91.9 Å². The van der Waals surface area contributed by atoms with Crippen molar-refractivity contribution in [2.24, 2.45) is 5.73 Å². The normalized spacial score (nSPS) is 25.7. The van der Waals surface area contributed by atoms with Gasteiger partial charge in [0.15, 0.2) is 0 Å². The highest BCUT2D eigenvalue weighted by Gasteiger charge is 2.22. The molecule has 1 saturated carbocycles. The molecule has 0 amide bonds. The Kier molecular flexibility index (Phi) is 3.75. The summed E-state index contributed by atoms with van der Waals surface area (Å²) in [7, 11) is 0. The van der Waals surface area contributed by atoms with Gasteiger partial charge >= 0.3 is 0 Å². The number of nitrogens with one attached hydrogen (secondary N) is 1. The molecule has 2 heteroatoms. The highest BCUT2D eigenvalue weighted by molar-refractivity contribution is 5.14. The van der Waals surface area contributed by atoms with E-state index >= 15 is 0 Å². The van der Waals surface area contributed by atoms with Crippen LogP contribution < -0.4 is 11.1 Å². The molecular weight excluding hydrogens is 184 g/mol. The molecule has 1 aliphatic carbocycles. The first-order valence-corrected chi connectivity index (χ1v) is 5.89. The third-order valence-electron chi connectivity index (χ3n) is 3.23. The van der Waals surface area contributed by atoms with Crippen LogP contribution in [-0.4, -0.2) is 18.6 Å². The zero-order valence-corrected chi connectivity index (χ0v) is 9.15. The first-order valence-electron chi connectivity index (χ1n) is 5.89. The minimum Gasteiger partial charge on any atom is -0.326 e. The van der Waals surface area contributed by atoms with Gasteiger partial charge in [0, 0.05) is 12.1 Å². The first-order chi connectivity index (χ1) is 7.36. The monoisotopic (exact) mass is 204 g/mol. The predicted octanol–water partition coefficient (Wildman–Crippen LogP) is 1.70. The van der Waals surface area contributed by atoms with E-state index in [1.807, 2.05) is 0 Å². The van der Waals surface area contributed by atoms with Crippen molar-refractivity contribution >= 4 is 0 Å². The second-order valence-corrected chi connectivity index (χ2v) is 4.39. The van der Waals surface area contributed by atoms with Crippen LogP contribution in [0.4, 0.5) is 0 Å². The molecule has 0 radical (unpaired) electrons. The Morgan fingerprint density at radius 2 is 2.00 bits per heavy atom. The van der Waals surface area contributed by atoms with Crippen molar-refractivity contribution in [3.05, 3.63) is 35.9 Å². The second kappa shape index (κ2) is 5.29. The molecule has 2 unspecified atom stereocenters. The van der Waals surface area contributed by atoms with E-state index in [-0.39, 0.29) is 0 Å². The van der Waals surface area contributed by atoms with Crippen LogP contribution in [0, 0.1) is 0 Å². The Hall–Kier alpha value is -0.860. The van der Waals surface area contributed by atoms with E-state index in [1.54, 1.807) is 0 Å². The van der Waals surface area contributed by atoms with Crippen LogP contribution >= 0.6 is 0 Å². The van der Waals surface area contributed by atoms with Crippen molar-refractivity contribution in [2.75, 3.05) is 6.54 Å². The lowest BCUT2D eigenvalue weighted by Gasteiger charge is -2.16. The van der Waals surface area contributed by atoms with Gasteiger partial charge in [0.05, 0.1) is 0 Å². The minimum atomic E-state index is 0.376. The fraction of sp³-hybridized carbons (Fsp3) is 0.538. The fourth-order valence-corrected chi connectivity index (χ4v) is 2.29. The summed E-state index contributed by atoms with van der Waals surface area (Å²) >= 11 is 0. The largest absolute Gasteiger partial charge is 0.326 e. The van der Waals surface area contributed by atoms with E-state index in [2.05, 4.69) is 35.6 Å². The summed E-state index contributed by atoms with van der Waals surface area (Å²) in [5.74, 6) is 0. The van der Waals surface area contributed by atoms with Crippen molar-refractivity contribution in [2.45, 2.75) is 37.8 Å². The molecule has 1 aromatic carbocycles. The van der Waals surface area contributed by atoms with Gasteiger partial charge in [-0.2, -0.15) is 0 Å². The molecule has 0 bridgehead atoms. The molecule has 1 fully saturated rings. The molecule has 0 aromatic heterocycles. The molecule has 2 atom stereocenters. The number of hydrogen-bond donors (Lipinski definition) is 2. The molecular formula is C13H20N2. The van der Waals surface area contributed by atoms with Crippen molar-refractivity contribution in [1.29, 1.82) is 0 Å². The topological polar surface area (TPSA) is 38.0 Å². The molecule has 2 rings (SSSR count). The van der Waals surface area contributed by atoms with Gasteiger partial charge < -0.3 is 11.1 Å². The highest BCUT2D eigenvalue weighted by atomic mass is 15.0. The van der Waals surface area contributed by atoms with E-state index in [0.29, 0.717) is 12.1 Å². The van der Waals surface area contributed by atoms with Gasteiger partial charge in [-0.15, -0.1) is 0 Å². The lowest BCUT2D eigenvalue weighted by molar-refractivity contribution is 0.479. The summed E-state index contributed by atoms with van der Waals surface area (Å²) in [6.07, 6.45) is 4.81. The van der Waals surface area contributed by atoms with Gasteiger partial charge in [-0.3, -0.25) is 0 Å². The van der Waals surface area contributed by atoms with Crippen LogP contribution in [-0.2, 0) is 6.42 Å². The maximum absolute atomic E-state index is 6.00. The SMILES string of the molecule is NC1CCCC1NCCc1ccccc1. The van der Waals surface area contributed by atoms with Gasteiger partial charge in [-0.25, -0.2) is 0 Å². The molecule has 0 aliphatic heterocycles. The maximum Gasteiger partial charge on any atom is 0.0219 e. The standard InChI is InChI=1S/C13H20N2/c14-12-7-4-8-13(12)15-10-9-11-5-2-1-3-6-11/h1-3,5-6,12-13,15H,4,7-10,14H2. The summed E-state index contributed by atoms with van der Waals surface area (Å²) in [5.41, 5.74) is 7.40. The van der Waals surface area contributed by atoms with Crippen LogP contribution in [0.25, 0.3) is 0 Å². The summed E-state index contributed by atoms with van der Waals surface area (Å²) in [5, 5.41) is 3.55.